The zero-order valence-electron chi connectivity index (χ0n) is 23.4. The topological polar surface area (TPSA) is 115 Å². The van der Waals surface area contributed by atoms with Gasteiger partial charge in [0, 0.05) is 25.3 Å². The molecule has 0 aliphatic carbocycles. The van der Waals surface area contributed by atoms with Crippen LogP contribution in [0.5, 0.6) is 0 Å². The molecule has 0 spiro atoms. The molecular formula is C32H39NO6S. The zero-order valence-corrected chi connectivity index (χ0v) is 24.3. The summed E-state index contributed by atoms with van der Waals surface area (Å²) in [5, 5.41) is 1.74. The van der Waals surface area contributed by atoms with Gasteiger partial charge in [0.05, 0.1) is 4.90 Å². The zero-order chi connectivity index (χ0) is 28.5. The lowest BCUT2D eigenvalue weighted by Gasteiger charge is -2.40. The summed E-state index contributed by atoms with van der Waals surface area (Å²) in [6.07, 6.45) is 1.04. The molecule has 0 saturated carbocycles. The Morgan fingerprint density at radius 2 is 1.43 bits per heavy atom. The van der Waals surface area contributed by atoms with Crippen molar-refractivity contribution in [3.8, 4) is 0 Å². The van der Waals surface area contributed by atoms with Crippen LogP contribution in [0.25, 0.3) is 10.8 Å². The van der Waals surface area contributed by atoms with Gasteiger partial charge in [-0.05, 0) is 48.1 Å². The molecule has 2 atom stereocenters. The highest BCUT2D eigenvalue weighted by Crippen LogP contribution is 2.38. The third-order valence-corrected chi connectivity index (χ3v) is 7.46. The number of hydrogen-bond donors (Lipinski definition) is 1. The van der Waals surface area contributed by atoms with Gasteiger partial charge in [0.25, 0.3) is 10.1 Å². The number of fused-ring (bicyclic) bond motifs is 1. The number of benzene rings is 4. The van der Waals surface area contributed by atoms with E-state index in [1.165, 1.54) is 17.7 Å². The van der Waals surface area contributed by atoms with E-state index in [2.05, 4.69) is 50.2 Å². The van der Waals surface area contributed by atoms with E-state index < -0.39 is 15.7 Å². The molecule has 0 unspecified atom stereocenters. The first-order valence-corrected chi connectivity index (χ1v) is 14.4. The second-order valence-electron chi connectivity index (χ2n) is 9.89. The molecule has 214 valence electrons. The molecule has 4 aromatic rings. The molecule has 0 aromatic heterocycles. The molecule has 0 bridgehead atoms. The molecular weight excluding hydrogens is 526 g/mol. The summed E-state index contributed by atoms with van der Waals surface area (Å²) in [6, 6.07) is 32.3. The fourth-order valence-electron chi connectivity index (χ4n) is 4.67. The lowest BCUT2D eigenvalue weighted by atomic mass is 9.77. The molecule has 0 fully saturated rings. The molecule has 0 radical (unpaired) electrons. The summed E-state index contributed by atoms with van der Waals surface area (Å²) in [5.74, 6) is -0.0222. The highest BCUT2D eigenvalue weighted by atomic mass is 32.2. The normalized spacial score (nSPS) is 13.3. The number of rotatable bonds is 9. The van der Waals surface area contributed by atoms with E-state index >= 15 is 0 Å². The van der Waals surface area contributed by atoms with Crippen molar-refractivity contribution in [1.82, 2.24) is 4.90 Å². The third kappa shape index (κ3) is 8.72. The van der Waals surface area contributed by atoms with Crippen molar-refractivity contribution in [3.63, 3.8) is 0 Å². The van der Waals surface area contributed by atoms with Gasteiger partial charge in [-0.15, -0.1) is 0 Å². The van der Waals surface area contributed by atoms with Crippen molar-refractivity contribution >= 4 is 26.9 Å². The Morgan fingerprint density at radius 1 is 0.875 bits per heavy atom. The van der Waals surface area contributed by atoms with Crippen molar-refractivity contribution < 1.29 is 28.0 Å². The molecule has 4 rings (SSSR count). The van der Waals surface area contributed by atoms with Gasteiger partial charge in [0.15, 0.2) is 0 Å². The molecule has 3 N–H and O–H groups in total. The maximum absolute atomic E-state index is 12.3. The summed E-state index contributed by atoms with van der Waals surface area (Å²) < 4.78 is 36.7. The van der Waals surface area contributed by atoms with Gasteiger partial charge in [-0.1, -0.05) is 105 Å². The third-order valence-electron chi connectivity index (χ3n) is 6.61. The summed E-state index contributed by atoms with van der Waals surface area (Å²) >= 11 is 0. The minimum Gasteiger partial charge on any atom is -0.453 e. The van der Waals surface area contributed by atoms with Crippen LogP contribution in [0, 0.1) is 5.92 Å². The van der Waals surface area contributed by atoms with Gasteiger partial charge < -0.3 is 15.1 Å². The molecule has 40 heavy (non-hydrogen) atoms. The van der Waals surface area contributed by atoms with Crippen LogP contribution in [0.1, 0.15) is 31.4 Å². The predicted octanol–water partition coefficient (Wildman–Crippen LogP) is 5.54. The highest BCUT2D eigenvalue weighted by Gasteiger charge is 2.42. The monoisotopic (exact) mass is 565 g/mol. The van der Waals surface area contributed by atoms with Crippen molar-refractivity contribution in [3.05, 3.63) is 114 Å². The Bertz CT molecular complexity index is 1460. The maximum Gasteiger partial charge on any atom is 0.306 e. The van der Waals surface area contributed by atoms with Crippen molar-refractivity contribution in [1.29, 1.82) is 0 Å². The molecule has 0 heterocycles. The van der Waals surface area contributed by atoms with E-state index in [-0.39, 0.29) is 22.3 Å². The number of carbonyl (C=O) groups excluding carboxylic acids is 1. The Labute approximate surface area is 237 Å². The van der Waals surface area contributed by atoms with E-state index in [4.69, 9.17) is 9.29 Å². The van der Waals surface area contributed by atoms with Gasteiger partial charge in [0.1, 0.15) is 5.60 Å². The highest BCUT2D eigenvalue weighted by molar-refractivity contribution is 7.85. The number of esters is 1. The largest absolute Gasteiger partial charge is 0.453 e. The average Bonchev–Trinajstić information content (AvgIpc) is 2.92. The Balaban J connectivity index is 0.000000316. The SMILES string of the molecule is CCC(=O)O[C@](Cc1ccccc1)(c1ccccc1)[C@@H](C)CN(C)C.O.O=S(=O)(O)c1ccc2ccccc2c1. The Kier molecular flexibility index (Phi) is 12.0. The van der Waals surface area contributed by atoms with Gasteiger partial charge in [-0.25, -0.2) is 0 Å². The van der Waals surface area contributed by atoms with Gasteiger partial charge in [-0.3, -0.25) is 9.35 Å². The fraction of sp³-hybridized carbons (Fsp3) is 0.281. The van der Waals surface area contributed by atoms with Crippen LogP contribution in [-0.4, -0.2) is 50.0 Å². The molecule has 7 nitrogen and oxygen atoms in total. The first kappa shape index (κ1) is 32.7. The van der Waals surface area contributed by atoms with Gasteiger partial charge >= 0.3 is 5.97 Å². The predicted molar refractivity (Wildman–Crippen MR) is 160 cm³/mol. The molecule has 0 amide bonds. The van der Waals surface area contributed by atoms with Crippen molar-refractivity contribution in [2.45, 2.75) is 37.2 Å². The summed E-state index contributed by atoms with van der Waals surface area (Å²) in [7, 11) is 0.00971. The summed E-state index contributed by atoms with van der Waals surface area (Å²) in [5.41, 5.74) is 1.54. The quantitative estimate of drug-likeness (QED) is 0.211. The fourth-order valence-corrected chi connectivity index (χ4v) is 5.19. The molecule has 0 aliphatic heterocycles. The second-order valence-corrected chi connectivity index (χ2v) is 11.3. The van der Waals surface area contributed by atoms with Gasteiger partial charge in [-0.2, -0.15) is 8.42 Å². The minimum atomic E-state index is -4.09. The summed E-state index contributed by atoms with van der Waals surface area (Å²) in [4.78, 5) is 14.4. The number of carbonyl (C=O) groups is 1. The molecule has 0 aliphatic rings. The molecule has 4 aromatic carbocycles. The number of nitrogens with zero attached hydrogens (tertiary/aromatic N) is 1. The first-order valence-electron chi connectivity index (χ1n) is 13.0. The van der Waals surface area contributed by atoms with E-state index in [0.717, 1.165) is 22.9 Å². The number of ether oxygens (including phenoxy) is 1. The van der Waals surface area contributed by atoms with Crippen LogP contribution in [0.15, 0.2) is 108 Å². The van der Waals surface area contributed by atoms with Crippen LogP contribution in [0.2, 0.25) is 0 Å². The van der Waals surface area contributed by atoms with E-state index in [1.54, 1.807) is 12.1 Å². The second kappa shape index (κ2) is 14.7. The van der Waals surface area contributed by atoms with Crippen LogP contribution in [0.4, 0.5) is 0 Å². The molecule has 0 saturated heterocycles. The van der Waals surface area contributed by atoms with Crippen LogP contribution < -0.4 is 0 Å². The van der Waals surface area contributed by atoms with Gasteiger partial charge in [0.2, 0.25) is 0 Å². The Morgan fingerprint density at radius 3 is 1.98 bits per heavy atom. The van der Waals surface area contributed by atoms with Crippen molar-refractivity contribution in [2.24, 2.45) is 5.92 Å². The first-order chi connectivity index (χ1) is 18.5. The maximum atomic E-state index is 12.3. The lowest BCUT2D eigenvalue weighted by Crippen LogP contribution is -2.44. The van der Waals surface area contributed by atoms with Crippen LogP contribution in [0.3, 0.4) is 0 Å². The van der Waals surface area contributed by atoms with E-state index in [1.807, 2.05) is 61.5 Å². The lowest BCUT2D eigenvalue weighted by molar-refractivity contribution is -0.168. The van der Waals surface area contributed by atoms with E-state index in [0.29, 0.717) is 12.8 Å². The van der Waals surface area contributed by atoms with Crippen LogP contribution in [-0.2, 0) is 31.7 Å². The molecule has 8 heteroatoms. The standard InChI is InChI=1S/C22H29NO2.C10H8O3S.H2O/c1-5-21(24)25-22(18(2)17-23(3)4,20-14-10-7-11-15-20)16-19-12-8-6-9-13-19;11-14(12,13)10-6-5-8-3-1-2-4-9(8)7-10;/h6-15,18H,5,16-17H2,1-4H3;1-7H,(H,11,12,13);1H2/t18-,22-;;/m0../s1. The van der Waals surface area contributed by atoms with Crippen molar-refractivity contribution in [2.75, 3.05) is 20.6 Å². The Hall–Kier alpha value is -3.56. The van der Waals surface area contributed by atoms with E-state index in [9.17, 15) is 13.2 Å². The van der Waals surface area contributed by atoms with Crippen LogP contribution >= 0.6 is 0 Å². The smallest absolute Gasteiger partial charge is 0.306 e. The minimum absolute atomic E-state index is 0. The summed E-state index contributed by atoms with van der Waals surface area (Å²) in [6.45, 7) is 4.84. The number of hydrogen-bond acceptors (Lipinski definition) is 5. The average molecular weight is 566 g/mol.